The molecule has 1 aromatic rings. The van der Waals surface area contributed by atoms with Crippen molar-refractivity contribution in [3.05, 3.63) is 22.4 Å². The molecule has 1 aliphatic rings. The smallest absolute Gasteiger partial charge is 0.243 e. The highest BCUT2D eigenvalue weighted by molar-refractivity contribution is 7.09. The molecule has 1 aromatic heterocycles. The maximum atomic E-state index is 11.9. The second-order valence-corrected chi connectivity index (χ2v) is 8.19. The monoisotopic (exact) mass is 365 g/mol. The van der Waals surface area contributed by atoms with Crippen molar-refractivity contribution in [2.75, 3.05) is 33.7 Å². The van der Waals surface area contributed by atoms with E-state index in [9.17, 15) is 4.79 Å². The predicted octanol–water partition coefficient (Wildman–Crippen LogP) is 1.60. The van der Waals surface area contributed by atoms with E-state index >= 15 is 0 Å². The summed E-state index contributed by atoms with van der Waals surface area (Å²) in [6, 6.07) is 5.02. The van der Waals surface area contributed by atoms with Crippen molar-refractivity contribution in [1.82, 2.24) is 20.4 Å². The molecule has 2 heterocycles. The predicted molar refractivity (Wildman–Crippen MR) is 105 cm³/mol. The van der Waals surface area contributed by atoms with E-state index in [1.54, 1.807) is 30.3 Å². The van der Waals surface area contributed by atoms with Crippen molar-refractivity contribution in [3.63, 3.8) is 0 Å². The molecule has 0 radical (unpaired) electrons. The number of likely N-dealkylation sites (tertiary alicyclic amines) is 1. The summed E-state index contributed by atoms with van der Waals surface area (Å²) < 4.78 is 0. The van der Waals surface area contributed by atoms with Crippen molar-refractivity contribution in [1.29, 1.82) is 0 Å². The molecule has 2 N–H and O–H groups in total. The number of hydrogen-bond donors (Lipinski definition) is 2. The number of carbonyl (C=O) groups is 1. The highest BCUT2D eigenvalue weighted by Crippen LogP contribution is 2.18. The maximum Gasteiger partial charge on any atom is 0.243 e. The Balaban J connectivity index is 2.00. The van der Waals surface area contributed by atoms with Crippen molar-refractivity contribution >= 4 is 23.2 Å². The first-order valence-corrected chi connectivity index (χ1v) is 9.76. The van der Waals surface area contributed by atoms with Crippen molar-refractivity contribution in [2.45, 2.75) is 39.4 Å². The fraction of sp³-hybridized carbons (Fsp3) is 0.667. The average Bonchev–Trinajstić information content (AvgIpc) is 3.19. The molecule has 0 bridgehead atoms. The molecule has 2 atom stereocenters. The van der Waals surface area contributed by atoms with Gasteiger partial charge in [0.2, 0.25) is 5.91 Å². The van der Waals surface area contributed by atoms with Gasteiger partial charge in [-0.25, -0.2) is 4.99 Å². The maximum absolute atomic E-state index is 11.9. The third-order valence-corrected chi connectivity index (χ3v) is 5.45. The zero-order valence-electron chi connectivity index (χ0n) is 16.0. The van der Waals surface area contributed by atoms with Gasteiger partial charge in [0.15, 0.2) is 5.96 Å². The van der Waals surface area contributed by atoms with E-state index in [1.807, 2.05) is 6.07 Å². The van der Waals surface area contributed by atoms with E-state index in [2.05, 4.69) is 52.7 Å². The molecule has 0 saturated carbocycles. The Labute approximate surface area is 155 Å². The molecule has 1 aliphatic heterocycles. The lowest BCUT2D eigenvalue weighted by atomic mass is 10.1. The number of likely N-dealkylation sites (N-methyl/N-ethyl adjacent to an activating group) is 1. The van der Waals surface area contributed by atoms with E-state index in [4.69, 9.17) is 0 Å². The largest absolute Gasteiger partial charge is 0.352 e. The lowest BCUT2D eigenvalue weighted by Gasteiger charge is -2.22. The zero-order chi connectivity index (χ0) is 18.4. The van der Waals surface area contributed by atoms with Crippen LogP contribution in [0.15, 0.2) is 22.5 Å². The number of rotatable bonds is 6. The molecule has 25 heavy (non-hydrogen) atoms. The van der Waals surface area contributed by atoms with Crippen LogP contribution in [0.25, 0.3) is 0 Å². The van der Waals surface area contributed by atoms with Gasteiger partial charge in [0.25, 0.3) is 0 Å². The number of aliphatic imine (C=N–C) groups is 1. The lowest BCUT2D eigenvalue weighted by molar-refractivity contribution is -0.127. The van der Waals surface area contributed by atoms with Crippen molar-refractivity contribution < 1.29 is 4.79 Å². The molecule has 6 nitrogen and oxygen atoms in total. The Morgan fingerprint density at radius 3 is 2.76 bits per heavy atom. The van der Waals surface area contributed by atoms with Gasteiger partial charge in [0.1, 0.15) is 6.54 Å². The Morgan fingerprint density at radius 2 is 2.20 bits per heavy atom. The molecule has 140 valence electrons. The minimum Gasteiger partial charge on any atom is -0.352 e. The van der Waals surface area contributed by atoms with Crippen molar-refractivity contribution in [2.24, 2.45) is 10.9 Å². The van der Waals surface area contributed by atoms with E-state index < -0.39 is 0 Å². The van der Waals surface area contributed by atoms with Gasteiger partial charge in [0.05, 0.1) is 6.54 Å². The van der Waals surface area contributed by atoms with Crippen molar-refractivity contribution in [3.8, 4) is 0 Å². The molecule has 2 unspecified atom stereocenters. The van der Waals surface area contributed by atoms with Crippen LogP contribution in [0, 0.1) is 5.92 Å². The van der Waals surface area contributed by atoms with Gasteiger partial charge in [-0.05, 0) is 31.2 Å². The summed E-state index contributed by atoms with van der Waals surface area (Å²) in [5.41, 5.74) is 0. The number of hydrogen-bond acceptors (Lipinski definition) is 4. The third kappa shape index (κ3) is 6.01. The number of guanidine groups is 1. The molecule has 2 rings (SSSR count). The Bertz CT molecular complexity index is 570. The first-order valence-electron chi connectivity index (χ1n) is 8.88. The van der Waals surface area contributed by atoms with Crippen LogP contribution in [-0.2, 0) is 11.3 Å². The summed E-state index contributed by atoms with van der Waals surface area (Å²) >= 11 is 1.71. The van der Waals surface area contributed by atoms with E-state index in [0.29, 0.717) is 30.5 Å². The highest BCUT2D eigenvalue weighted by atomic mass is 32.1. The number of nitrogens with one attached hydrogen (secondary N) is 2. The van der Waals surface area contributed by atoms with Gasteiger partial charge in [-0.2, -0.15) is 0 Å². The second kappa shape index (κ2) is 9.20. The van der Waals surface area contributed by atoms with Crippen LogP contribution >= 0.6 is 11.3 Å². The molecule has 0 aliphatic carbocycles. The summed E-state index contributed by atoms with van der Waals surface area (Å²) in [5.74, 6) is 1.26. The van der Waals surface area contributed by atoms with Crippen LogP contribution < -0.4 is 10.6 Å². The molecule has 1 saturated heterocycles. The average molecular weight is 366 g/mol. The summed E-state index contributed by atoms with van der Waals surface area (Å²) in [5, 5.41) is 8.97. The lowest BCUT2D eigenvalue weighted by Crippen LogP contribution is -2.47. The molecular formula is C18H31N5OS. The van der Waals surface area contributed by atoms with Crippen LogP contribution in [0.3, 0.4) is 0 Å². The summed E-state index contributed by atoms with van der Waals surface area (Å²) in [6.45, 7) is 9.69. The summed E-state index contributed by atoms with van der Waals surface area (Å²) in [4.78, 5) is 21.7. The highest BCUT2D eigenvalue weighted by Gasteiger charge is 2.31. The molecule has 1 fully saturated rings. The minimum absolute atomic E-state index is 0.000464. The Hall–Kier alpha value is -1.60. The van der Waals surface area contributed by atoms with E-state index in [1.165, 1.54) is 4.88 Å². The summed E-state index contributed by atoms with van der Waals surface area (Å²) in [6.07, 6.45) is 0. The van der Waals surface area contributed by atoms with Gasteiger partial charge >= 0.3 is 0 Å². The molecule has 1 amide bonds. The van der Waals surface area contributed by atoms with E-state index in [-0.39, 0.29) is 12.5 Å². The first kappa shape index (κ1) is 19.7. The van der Waals surface area contributed by atoms with Crippen LogP contribution in [0.5, 0.6) is 0 Å². The van der Waals surface area contributed by atoms with Crippen LogP contribution in [0.4, 0.5) is 0 Å². The summed E-state index contributed by atoms with van der Waals surface area (Å²) in [7, 11) is 3.51. The van der Waals surface area contributed by atoms with Gasteiger partial charge in [-0.3, -0.25) is 9.69 Å². The fourth-order valence-electron chi connectivity index (χ4n) is 2.81. The molecule has 0 spiro atoms. The fourth-order valence-corrected chi connectivity index (χ4v) is 3.46. The Morgan fingerprint density at radius 1 is 1.44 bits per heavy atom. The number of amides is 1. The SMILES string of the molecule is CC1CN(C(C)C)CC1NC(=NCC(=O)N(C)C)NCc1cccs1. The van der Waals surface area contributed by atoms with Gasteiger partial charge < -0.3 is 15.5 Å². The topological polar surface area (TPSA) is 60.0 Å². The first-order chi connectivity index (χ1) is 11.9. The number of thiophene rings is 1. The quantitative estimate of drug-likeness (QED) is 0.594. The molecule has 0 aromatic carbocycles. The van der Waals surface area contributed by atoms with Gasteiger partial charge in [-0.1, -0.05) is 13.0 Å². The molecular weight excluding hydrogens is 334 g/mol. The standard InChI is InChI=1S/C18H31N5OS/c1-13(2)23-11-14(3)16(12-23)21-18(20-10-17(24)22(4)5)19-9-15-7-6-8-25-15/h6-8,13-14,16H,9-12H2,1-5H3,(H2,19,20,21). The van der Waals surface area contributed by atoms with Gasteiger partial charge in [0, 0.05) is 44.1 Å². The number of nitrogens with zero attached hydrogens (tertiary/aromatic N) is 3. The normalized spacial score (nSPS) is 21.6. The second-order valence-electron chi connectivity index (χ2n) is 7.16. The van der Waals surface area contributed by atoms with Crippen LogP contribution in [0.2, 0.25) is 0 Å². The van der Waals surface area contributed by atoms with Crippen LogP contribution in [0.1, 0.15) is 25.6 Å². The van der Waals surface area contributed by atoms with E-state index in [0.717, 1.165) is 13.1 Å². The van der Waals surface area contributed by atoms with Crippen LogP contribution in [-0.4, -0.2) is 67.5 Å². The number of carbonyl (C=O) groups excluding carboxylic acids is 1. The Kier molecular flexibility index (Phi) is 7.25. The van der Waals surface area contributed by atoms with Gasteiger partial charge in [-0.15, -0.1) is 11.3 Å². The molecule has 7 heteroatoms. The zero-order valence-corrected chi connectivity index (χ0v) is 16.8. The minimum atomic E-state index is 0.000464. The third-order valence-electron chi connectivity index (χ3n) is 4.57.